The normalized spacial score (nSPS) is 29.5. The second-order valence-electron chi connectivity index (χ2n) is 5.31. The summed E-state index contributed by atoms with van der Waals surface area (Å²) in [5.41, 5.74) is 0. The van der Waals surface area contributed by atoms with Crippen LogP contribution in [-0.2, 0) is 0 Å². The number of imidazole rings is 1. The van der Waals surface area contributed by atoms with E-state index in [9.17, 15) is 0 Å². The molecule has 1 saturated carbocycles. The van der Waals surface area contributed by atoms with Gasteiger partial charge in [-0.3, -0.25) is 0 Å². The first-order valence-corrected chi connectivity index (χ1v) is 6.93. The second-order valence-corrected chi connectivity index (χ2v) is 5.31. The maximum Gasteiger partial charge on any atom is 0.105 e. The zero-order valence-electron chi connectivity index (χ0n) is 11.3. The summed E-state index contributed by atoms with van der Waals surface area (Å²) < 4.78 is 2.36. The number of aromatic nitrogens is 2. The zero-order chi connectivity index (χ0) is 12.3. The summed E-state index contributed by atoms with van der Waals surface area (Å²) in [6, 6.07) is 1.20. The van der Waals surface area contributed by atoms with Crippen LogP contribution in [0.2, 0.25) is 0 Å². The number of aryl methyl sites for hydroxylation is 1. The first-order chi connectivity index (χ1) is 8.26. The molecular formula is C14H25N3. The Morgan fingerprint density at radius 3 is 2.88 bits per heavy atom. The van der Waals surface area contributed by atoms with Crippen molar-refractivity contribution in [1.82, 2.24) is 14.9 Å². The maximum atomic E-state index is 4.37. The van der Waals surface area contributed by atoms with Gasteiger partial charge in [0.15, 0.2) is 0 Å². The van der Waals surface area contributed by atoms with Gasteiger partial charge in [-0.15, -0.1) is 0 Å². The van der Waals surface area contributed by atoms with E-state index in [-0.39, 0.29) is 0 Å². The van der Waals surface area contributed by atoms with Crippen molar-refractivity contribution in [3.63, 3.8) is 0 Å². The highest BCUT2D eigenvalue weighted by Gasteiger charge is 2.30. The molecule has 0 aromatic carbocycles. The van der Waals surface area contributed by atoms with Crippen molar-refractivity contribution in [2.24, 2.45) is 5.92 Å². The Morgan fingerprint density at radius 2 is 2.29 bits per heavy atom. The van der Waals surface area contributed by atoms with E-state index in [2.05, 4.69) is 42.0 Å². The number of nitrogens with zero attached hydrogens (tertiary/aromatic N) is 2. The summed E-state index contributed by atoms with van der Waals surface area (Å²) >= 11 is 0. The summed E-state index contributed by atoms with van der Waals surface area (Å²) in [4.78, 5) is 4.37. The molecule has 0 saturated heterocycles. The Kier molecular flexibility index (Phi) is 4.21. The van der Waals surface area contributed by atoms with E-state index in [1.807, 2.05) is 6.20 Å². The van der Waals surface area contributed by atoms with Crippen LogP contribution in [0.15, 0.2) is 12.4 Å². The topological polar surface area (TPSA) is 29.9 Å². The maximum absolute atomic E-state index is 4.37. The molecule has 0 aliphatic heterocycles. The Balaban J connectivity index is 2.13. The molecule has 0 spiro atoms. The van der Waals surface area contributed by atoms with Crippen LogP contribution >= 0.6 is 0 Å². The molecule has 1 N–H and O–H groups in total. The SMILES string of the molecule is CCCC1CCC(NC)C(n2ccnc2C)C1. The predicted molar refractivity (Wildman–Crippen MR) is 71.1 cm³/mol. The lowest BCUT2D eigenvalue weighted by atomic mass is 9.80. The quantitative estimate of drug-likeness (QED) is 0.869. The first kappa shape index (κ1) is 12.6. The minimum atomic E-state index is 0.591. The van der Waals surface area contributed by atoms with Gasteiger partial charge < -0.3 is 9.88 Å². The third kappa shape index (κ3) is 2.71. The van der Waals surface area contributed by atoms with E-state index in [0.29, 0.717) is 12.1 Å². The Morgan fingerprint density at radius 1 is 1.47 bits per heavy atom. The van der Waals surface area contributed by atoms with Crippen molar-refractivity contribution < 1.29 is 0 Å². The minimum absolute atomic E-state index is 0.591. The molecule has 0 amide bonds. The molecule has 0 bridgehead atoms. The van der Waals surface area contributed by atoms with Crippen molar-refractivity contribution in [3.8, 4) is 0 Å². The lowest BCUT2D eigenvalue weighted by Crippen LogP contribution is -2.40. The fourth-order valence-electron chi connectivity index (χ4n) is 3.28. The van der Waals surface area contributed by atoms with Crippen LogP contribution in [-0.4, -0.2) is 22.6 Å². The fraction of sp³-hybridized carbons (Fsp3) is 0.786. The van der Waals surface area contributed by atoms with Crippen LogP contribution < -0.4 is 5.32 Å². The monoisotopic (exact) mass is 235 g/mol. The van der Waals surface area contributed by atoms with Crippen molar-refractivity contribution in [3.05, 3.63) is 18.2 Å². The Bertz CT molecular complexity index is 345. The fourth-order valence-corrected chi connectivity index (χ4v) is 3.28. The molecule has 3 unspecified atom stereocenters. The van der Waals surface area contributed by atoms with Gasteiger partial charge in [0.1, 0.15) is 5.82 Å². The number of rotatable bonds is 4. The van der Waals surface area contributed by atoms with Crippen molar-refractivity contribution in [1.29, 1.82) is 0 Å². The number of likely N-dealkylation sites (N-methyl/N-ethyl adjacent to an activating group) is 1. The van der Waals surface area contributed by atoms with Crippen LogP contribution in [0.1, 0.15) is 50.9 Å². The molecule has 1 aromatic heterocycles. The molecule has 1 aliphatic rings. The van der Waals surface area contributed by atoms with Crippen molar-refractivity contribution >= 4 is 0 Å². The van der Waals surface area contributed by atoms with Crippen LogP contribution in [0, 0.1) is 12.8 Å². The highest BCUT2D eigenvalue weighted by Crippen LogP contribution is 2.35. The van der Waals surface area contributed by atoms with Crippen molar-refractivity contribution in [2.75, 3.05) is 7.05 Å². The van der Waals surface area contributed by atoms with Gasteiger partial charge in [0, 0.05) is 18.4 Å². The highest BCUT2D eigenvalue weighted by molar-refractivity contribution is 4.98. The molecule has 17 heavy (non-hydrogen) atoms. The minimum Gasteiger partial charge on any atom is -0.331 e. The summed E-state index contributed by atoms with van der Waals surface area (Å²) in [7, 11) is 2.09. The molecule has 3 nitrogen and oxygen atoms in total. The number of nitrogens with one attached hydrogen (secondary N) is 1. The molecule has 1 aromatic rings. The van der Waals surface area contributed by atoms with Gasteiger partial charge in [0.05, 0.1) is 6.04 Å². The predicted octanol–water partition coefficient (Wildman–Crippen LogP) is 2.92. The van der Waals surface area contributed by atoms with Crippen LogP contribution in [0.4, 0.5) is 0 Å². The van der Waals surface area contributed by atoms with Gasteiger partial charge in [0.2, 0.25) is 0 Å². The lowest BCUT2D eigenvalue weighted by molar-refractivity contribution is 0.202. The van der Waals surface area contributed by atoms with E-state index in [4.69, 9.17) is 0 Å². The lowest BCUT2D eigenvalue weighted by Gasteiger charge is -2.37. The molecule has 3 atom stereocenters. The molecule has 2 rings (SSSR count). The van der Waals surface area contributed by atoms with Crippen LogP contribution in [0.5, 0.6) is 0 Å². The van der Waals surface area contributed by atoms with Crippen LogP contribution in [0.3, 0.4) is 0 Å². The zero-order valence-corrected chi connectivity index (χ0v) is 11.3. The van der Waals surface area contributed by atoms with E-state index in [0.717, 1.165) is 11.7 Å². The third-order valence-corrected chi connectivity index (χ3v) is 4.21. The molecule has 3 heteroatoms. The average Bonchev–Trinajstić information content (AvgIpc) is 2.76. The average molecular weight is 235 g/mol. The smallest absolute Gasteiger partial charge is 0.105 e. The van der Waals surface area contributed by atoms with E-state index in [1.165, 1.54) is 32.1 Å². The molecule has 1 fully saturated rings. The van der Waals surface area contributed by atoms with Crippen molar-refractivity contribution in [2.45, 2.75) is 58.0 Å². The van der Waals surface area contributed by atoms with Gasteiger partial charge in [-0.05, 0) is 39.2 Å². The first-order valence-electron chi connectivity index (χ1n) is 6.93. The molecule has 1 heterocycles. The van der Waals surface area contributed by atoms with Gasteiger partial charge in [0.25, 0.3) is 0 Å². The summed E-state index contributed by atoms with van der Waals surface area (Å²) in [6.07, 6.45) is 10.7. The van der Waals surface area contributed by atoms with Crippen LogP contribution in [0.25, 0.3) is 0 Å². The molecule has 1 aliphatic carbocycles. The summed E-state index contributed by atoms with van der Waals surface area (Å²) in [5, 5.41) is 3.48. The van der Waals surface area contributed by atoms with E-state index < -0.39 is 0 Å². The standard InChI is InChI=1S/C14H25N3/c1-4-5-12-6-7-13(15-3)14(10-12)17-9-8-16-11(17)2/h8-9,12-15H,4-7,10H2,1-3H3. The second kappa shape index (κ2) is 5.67. The van der Waals surface area contributed by atoms with E-state index in [1.54, 1.807) is 0 Å². The molecular weight excluding hydrogens is 210 g/mol. The molecule has 96 valence electrons. The Hall–Kier alpha value is -0.830. The van der Waals surface area contributed by atoms with E-state index >= 15 is 0 Å². The van der Waals surface area contributed by atoms with Gasteiger partial charge in [-0.2, -0.15) is 0 Å². The van der Waals surface area contributed by atoms with Gasteiger partial charge in [-0.25, -0.2) is 4.98 Å². The summed E-state index contributed by atoms with van der Waals surface area (Å²) in [6.45, 7) is 4.40. The number of hydrogen-bond donors (Lipinski definition) is 1. The third-order valence-electron chi connectivity index (χ3n) is 4.21. The highest BCUT2D eigenvalue weighted by atomic mass is 15.1. The Labute approximate surface area is 105 Å². The van der Waals surface area contributed by atoms with Gasteiger partial charge in [-0.1, -0.05) is 19.8 Å². The largest absolute Gasteiger partial charge is 0.331 e. The molecule has 0 radical (unpaired) electrons. The van der Waals surface area contributed by atoms with Gasteiger partial charge >= 0.3 is 0 Å². The number of hydrogen-bond acceptors (Lipinski definition) is 2. The summed E-state index contributed by atoms with van der Waals surface area (Å²) in [5.74, 6) is 2.05.